The second kappa shape index (κ2) is 8.23. The molecule has 0 aliphatic heterocycles. The Morgan fingerprint density at radius 2 is 1.53 bits per heavy atom. The van der Waals surface area contributed by atoms with E-state index < -0.39 is 0 Å². The minimum atomic E-state index is 0. The summed E-state index contributed by atoms with van der Waals surface area (Å²) in [6.45, 7) is 2.12. The number of hydrogen-bond donors (Lipinski definition) is 0. The molecule has 0 saturated heterocycles. The third-order valence-corrected chi connectivity index (χ3v) is 5.88. The van der Waals surface area contributed by atoms with Crippen LogP contribution in [0, 0.1) is 13.0 Å². The molecule has 2 heterocycles. The van der Waals surface area contributed by atoms with E-state index in [2.05, 4.69) is 112 Å². The third kappa shape index (κ3) is 3.20. The van der Waals surface area contributed by atoms with E-state index in [0.29, 0.717) is 0 Å². The number of aromatic nitrogens is 3. The van der Waals surface area contributed by atoms with Crippen LogP contribution in [0.25, 0.3) is 44.6 Å². The molecule has 0 unspecified atom stereocenters. The van der Waals surface area contributed by atoms with Gasteiger partial charge in [-0.05, 0) is 47.7 Å². The van der Waals surface area contributed by atoms with E-state index >= 15 is 0 Å². The van der Waals surface area contributed by atoms with Gasteiger partial charge in [-0.15, -0.1) is 23.8 Å². The van der Waals surface area contributed by atoms with Crippen LogP contribution >= 0.6 is 0 Å². The maximum Gasteiger partial charge on any atom is 0.0603 e. The van der Waals surface area contributed by atoms with Crippen molar-refractivity contribution in [1.82, 2.24) is 14.1 Å². The average Bonchev–Trinajstić information content (AvgIpc) is 3.42. The topological polar surface area (TPSA) is 22.8 Å². The van der Waals surface area contributed by atoms with Gasteiger partial charge >= 0.3 is 0 Å². The molecule has 4 heteroatoms. The molecule has 32 heavy (non-hydrogen) atoms. The van der Waals surface area contributed by atoms with Gasteiger partial charge in [0.2, 0.25) is 0 Å². The molecule has 157 valence electrons. The molecule has 0 bridgehead atoms. The average molecular weight is 591 g/mol. The fraction of sp³-hybridized carbons (Fsp3) is 0.0357. The van der Waals surface area contributed by atoms with Crippen molar-refractivity contribution in [2.75, 3.05) is 0 Å². The van der Waals surface area contributed by atoms with Crippen molar-refractivity contribution < 1.29 is 20.1 Å². The number of fused-ring (bicyclic) bond motifs is 3. The van der Waals surface area contributed by atoms with Gasteiger partial charge in [0.05, 0.1) is 5.82 Å². The molecule has 0 spiro atoms. The zero-order chi connectivity index (χ0) is 20.8. The molecular formula is C28H20IrN3-. The number of imidazole rings is 1. The van der Waals surface area contributed by atoms with Crippen LogP contribution in [-0.4, -0.2) is 14.1 Å². The van der Waals surface area contributed by atoms with Crippen LogP contribution in [0.3, 0.4) is 0 Å². The van der Waals surface area contributed by atoms with Gasteiger partial charge in [-0.1, -0.05) is 60.0 Å². The van der Waals surface area contributed by atoms with Gasteiger partial charge in [-0.25, -0.2) is 0 Å². The fourth-order valence-corrected chi connectivity index (χ4v) is 4.43. The fourth-order valence-electron chi connectivity index (χ4n) is 4.43. The van der Waals surface area contributed by atoms with Crippen molar-refractivity contribution in [1.29, 1.82) is 0 Å². The van der Waals surface area contributed by atoms with Gasteiger partial charge in [0.25, 0.3) is 0 Å². The van der Waals surface area contributed by atoms with Crippen molar-refractivity contribution in [3.8, 4) is 22.8 Å². The summed E-state index contributed by atoms with van der Waals surface area (Å²) in [5, 5.41) is 2.43. The van der Waals surface area contributed by atoms with Gasteiger partial charge in [0.15, 0.2) is 0 Å². The Hall–Kier alpha value is -3.46. The van der Waals surface area contributed by atoms with Gasteiger partial charge in [0, 0.05) is 49.4 Å². The van der Waals surface area contributed by atoms with Crippen molar-refractivity contribution in [3.63, 3.8) is 0 Å². The van der Waals surface area contributed by atoms with Crippen LogP contribution in [0.1, 0.15) is 5.56 Å². The molecule has 2 aromatic heterocycles. The quantitative estimate of drug-likeness (QED) is 0.209. The maximum absolute atomic E-state index is 4.68. The summed E-state index contributed by atoms with van der Waals surface area (Å²) in [6.07, 6.45) is 3.87. The molecule has 6 rings (SSSR count). The Morgan fingerprint density at radius 3 is 2.38 bits per heavy atom. The van der Waals surface area contributed by atoms with E-state index in [1.165, 1.54) is 21.9 Å². The molecule has 4 aromatic carbocycles. The van der Waals surface area contributed by atoms with Crippen molar-refractivity contribution >= 4 is 21.8 Å². The van der Waals surface area contributed by atoms with Crippen LogP contribution in [0.15, 0.2) is 103 Å². The van der Waals surface area contributed by atoms with E-state index in [4.69, 9.17) is 0 Å². The number of benzene rings is 4. The molecular weight excluding hydrogens is 571 g/mol. The van der Waals surface area contributed by atoms with Gasteiger partial charge in [0.1, 0.15) is 0 Å². The summed E-state index contributed by atoms with van der Waals surface area (Å²) >= 11 is 0. The maximum atomic E-state index is 4.68. The molecule has 0 amide bonds. The monoisotopic (exact) mass is 591 g/mol. The van der Waals surface area contributed by atoms with Crippen molar-refractivity contribution in [3.05, 3.63) is 115 Å². The molecule has 0 aliphatic rings. The first-order chi connectivity index (χ1) is 15.3. The van der Waals surface area contributed by atoms with E-state index in [1.807, 2.05) is 18.5 Å². The molecule has 0 atom stereocenters. The van der Waals surface area contributed by atoms with E-state index in [9.17, 15) is 0 Å². The van der Waals surface area contributed by atoms with Crippen LogP contribution in [0.2, 0.25) is 0 Å². The number of rotatable bonds is 3. The van der Waals surface area contributed by atoms with Gasteiger partial charge in [-0.3, -0.25) is 4.98 Å². The van der Waals surface area contributed by atoms with Crippen molar-refractivity contribution in [2.45, 2.75) is 6.92 Å². The Labute approximate surface area is 200 Å². The smallest absolute Gasteiger partial charge is 0.0603 e. The summed E-state index contributed by atoms with van der Waals surface area (Å²) in [6, 6.07) is 35.2. The first-order valence-electron chi connectivity index (χ1n) is 10.4. The van der Waals surface area contributed by atoms with Gasteiger partial charge < -0.3 is 9.13 Å². The molecule has 0 fully saturated rings. The summed E-state index contributed by atoms with van der Waals surface area (Å²) in [7, 11) is 0. The Morgan fingerprint density at radius 1 is 0.781 bits per heavy atom. The predicted octanol–water partition coefficient (Wildman–Crippen LogP) is 6.74. The summed E-state index contributed by atoms with van der Waals surface area (Å²) < 4.78 is 4.45. The van der Waals surface area contributed by atoms with Crippen LogP contribution < -0.4 is 0 Å². The van der Waals surface area contributed by atoms with Crippen LogP contribution in [0.5, 0.6) is 0 Å². The predicted molar refractivity (Wildman–Crippen MR) is 127 cm³/mol. The van der Waals surface area contributed by atoms with Crippen LogP contribution in [-0.2, 0) is 20.1 Å². The number of para-hydroxylation sites is 3. The third-order valence-electron chi connectivity index (χ3n) is 5.88. The van der Waals surface area contributed by atoms with E-state index in [0.717, 1.165) is 28.3 Å². The number of hydrogen-bond acceptors (Lipinski definition) is 1. The minimum Gasteiger partial charge on any atom is -0.351 e. The van der Waals surface area contributed by atoms with Gasteiger partial charge in [-0.2, -0.15) is 0 Å². The molecule has 6 aromatic rings. The van der Waals surface area contributed by atoms with Crippen LogP contribution in [0.4, 0.5) is 0 Å². The molecule has 0 saturated carbocycles. The number of aryl methyl sites for hydroxylation is 1. The standard InChI is InChI=1S/C28H20N3.Ir/c1-20-9-5-7-13-25(20)30-18-17-29-28(30)21-15-16-27-24(19-21)23-12-6-8-14-26(23)31(27)22-10-3-2-4-11-22;/h2-14,16-19H,1H3;/q-1;. The molecule has 0 aliphatic carbocycles. The summed E-state index contributed by atoms with van der Waals surface area (Å²) in [5.41, 5.74) is 6.81. The molecule has 1 radical (unpaired) electrons. The number of nitrogens with zero attached hydrogens (tertiary/aromatic N) is 3. The first-order valence-corrected chi connectivity index (χ1v) is 10.4. The Balaban J connectivity index is 0.00000216. The summed E-state index contributed by atoms with van der Waals surface area (Å²) in [4.78, 5) is 4.68. The second-order valence-electron chi connectivity index (χ2n) is 7.74. The van der Waals surface area contributed by atoms with E-state index in [-0.39, 0.29) is 20.1 Å². The molecule has 3 nitrogen and oxygen atoms in total. The largest absolute Gasteiger partial charge is 0.351 e. The summed E-state index contributed by atoms with van der Waals surface area (Å²) in [5.74, 6) is 0.896. The Bertz CT molecular complexity index is 1540. The zero-order valence-corrected chi connectivity index (χ0v) is 19.9. The van der Waals surface area contributed by atoms with E-state index in [1.54, 1.807) is 0 Å². The minimum absolute atomic E-state index is 0. The molecule has 0 N–H and O–H groups in total. The van der Waals surface area contributed by atoms with Crippen molar-refractivity contribution in [2.24, 2.45) is 0 Å². The first kappa shape index (κ1) is 20.4. The normalized spacial score (nSPS) is 11.0. The second-order valence-corrected chi connectivity index (χ2v) is 7.74. The SMILES string of the molecule is Cc1ccccc1-n1ccnc1-c1[c-]cc2c(c1)c1ccccc1n2-c1ccccc1.[Ir]. The Kier molecular flexibility index (Phi) is 5.26. The zero-order valence-electron chi connectivity index (χ0n) is 17.5.